The molecule has 0 aliphatic carbocycles. The molecule has 14 heteroatoms. The van der Waals surface area contributed by atoms with Crippen LogP contribution in [0.2, 0.25) is 0 Å². The van der Waals surface area contributed by atoms with Crippen molar-refractivity contribution in [2.75, 3.05) is 82.7 Å². The Labute approximate surface area is 309 Å². The average Bonchev–Trinajstić information content (AvgIpc) is 3.47. The van der Waals surface area contributed by atoms with E-state index in [4.69, 9.17) is 15.2 Å². The van der Waals surface area contributed by atoms with Gasteiger partial charge in [-0.2, -0.15) is 0 Å². The second-order valence-corrected chi connectivity index (χ2v) is 13.0. The molecule has 3 aromatic rings. The highest BCUT2D eigenvalue weighted by atomic mass is 16.5. The van der Waals surface area contributed by atoms with Gasteiger partial charge in [-0.1, -0.05) is 36.4 Å². The molecule has 0 bridgehead atoms. The number of urea groups is 1. The maximum absolute atomic E-state index is 14.5. The first-order valence-corrected chi connectivity index (χ1v) is 17.6. The second kappa shape index (κ2) is 17.8. The van der Waals surface area contributed by atoms with Crippen LogP contribution in [0.4, 0.5) is 21.9 Å². The standard InChI is InChI=1S/C39H47N7O7/c1-43-20-22-45(23-21-43)25-33(47)44(2)29-16-14-28(15-17-29)41-35(26-10-6-5-7-11-26)34-30-18-13-27(37(49)52-3)24-32(30)46(36(34)48)39(51)42-31(38(50)53-4)12-8-9-19-40/h5-7,10-11,13-18,24,31,41H,8-9,12,19-23,25,40H2,1-4H3,(H,42,51)/b35-34-. The number of hydrogen-bond donors (Lipinski definition) is 3. The molecule has 0 aromatic heterocycles. The van der Waals surface area contributed by atoms with Crippen molar-refractivity contribution in [2.45, 2.75) is 25.3 Å². The molecule has 0 saturated carbocycles. The van der Waals surface area contributed by atoms with Gasteiger partial charge in [-0.15, -0.1) is 0 Å². The molecule has 14 nitrogen and oxygen atoms in total. The molecule has 1 fully saturated rings. The Kier molecular flexibility index (Phi) is 13.0. The van der Waals surface area contributed by atoms with Crippen molar-refractivity contribution in [3.8, 4) is 0 Å². The molecule has 2 heterocycles. The Morgan fingerprint density at radius 2 is 1.58 bits per heavy atom. The number of carbonyl (C=O) groups excluding carboxylic acids is 5. The number of hydrogen-bond acceptors (Lipinski definition) is 11. The lowest BCUT2D eigenvalue weighted by atomic mass is 9.99. The fourth-order valence-corrected chi connectivity index (χ4v) is 6.29. The van der Waals surface area contributed by atoms with E-state index in [1.165, 1.54) is 26.4 Å². The third kappa shape index (κ3) is 9.09. The van der Waals surface area contributed by atoms with Gasteiger partial charge in [0.1, 0.15) is 6.04 Å². The number of esters is 2. The average molecular weight is 726 g/mol. The van der Waals surface area contributed by atoms with E-state index in [-0.39, 0.29) is 29.2 Å². The molecule has 1 unspecified atom stereocenters. The number of likely N-dealkylation sites (N-methyl/N-ethyl adjacent to an activating group) is 2. The van der Waals surface area contributed by atoms with E-state index in [9.17, 15) is 24.0 Å². The van der Waals surface area contributed by atoms with Gasteiger partial charge >= 0.3 is 18.0 Å². The SMILES string of the molecule is COC(=O)c1ccc2c(c1)N(C(=O)NC(CCCCN)C(=O)OC)C(=O)/C2=C(\Nc1ccc(N(C)C(=O)CN2CCN(C)CC2)cc1)c1ccccc1. The van der Waals surface area contributed by atoms with Gasteiger partial charge in [0.2, 0.25) is 5.91 Å². The van der Waals surface area contributed by atoms with Crippen molar-refractivity contribution in [2.24, 2.45) is 5.73 Å². The maximum Gasteiger partial charge on any atom is 0.337 e. The van der Waals surface area contributed by atoms with Gasteiger partial charge < -0.3 is 35.6 Å². The molecule has 4 N–H and O–H groups in total. The minimum atomic E-state index is -1.04. The number of nitrogens with one attached hydrogen (secondary N) is 2. The quantitative estimate of drug-likeness (QED) is 0.134. The minimum Gasteiger partial charge on any atom is -0.467 e. The Morgan fingerprint density at radius 1 is 0.887 bits per heavy atom. The lowest BCUT2D eigenvalue weighted by Gasteiger charge is -2.32. The second-order valence-electron chi connectivity index (χ2n) is 13.0. The van der Waals surface area contributed by atoms with Crippen molar-refractivity contribution in [1.29, 1.82) is 0 Å². The van der Waals surface area contributed by atoms with Crippen LogP contribution in [-0.2, 0) is 23.9 Å². The summed E-state index contributed by atoms with van der Waals surface area (Å²) in [5, 5.41) is 6.05. The predicted molar refractivity (Wildman–Crippen MR) is 203 cm³/mol. The van der Waals surface area contributed by atoms with Crippen LogP contribution in [0, 0.1) is 0 Å². The number of fused-ring (bicyclic) bond motifs is 1. The van der Waals surface area contributed by atoms with Gasteiger partial charge in [-0.3, -0.25) is 14.5 Å². The molecule has 3 aromatic carbocycles. The topological polar surface area (TPSA) is 167 Å². The first-order valence-electron chi connectivity index (χ1n) is 17.6. The number of methoxy groups -OCH3 is 2. The Morgan fingerprint density at radius 3 is 2.23 bits per heavy atom. The Hall–Kier alpha value is -5.57. The summed E-state index contributed by atoms with van der Waals surface area (Å²) in [5.74, 6) is -2.01. The number of benzene rings is 3. The summed E-state index contributed by atoms with van der Waals surface area (Å²) >= 11 is 0. The highest BCUT2D eigenvalue weighted by Crippen LogP contribution is 2.42. The third-order valence-electron chi connectivity index (χ3n) is 9.44. The van der Waals surface area contributed by atoms with Crippen molar-refractivity contribution >= 4 is 58.1 Å². The van der Waals surface area contributed by atoms with E-state index in [0.717, 1.165) is 31.1 Å². The third-order valence-corrected chi connectivity index (χ3v) is 9.44. The van der Waals surface area contributed by atoms with Crippen molar-refractivity contribution in [1.82, 2.24) is 15.1 Å². The molecule has 0 radical (unpaired) electrons. The summed E-state index contributed by atoms with van der Waals surface area (Å²) in [5.41, 5.74) is 8.83. The van der Waals surface area contributed by atoms with Gasteiger partial charge in [0.05, 0.1) is 43.3 Å². The molecule has 2 aliphatic rings. The zero-order valence-corrected chi connectivity index (χ0v) is 30.6. The molecule has 1 saturated heterocycles. The molecule has 280 valence electrons. The number of imide groups is 1. The summed E-state index contributed by atoms with van der Waals surface area (Å²) in [6, 6.07) is 19.1. The van der Waals surface area contributed by atoms with E-state index in [1.54, 1.807) is 18.0 Å². The summed E-state index contributed by atoms with van der Waals surface area (Å²) in [6.45, 7) is 4.24. The number of unbranched alkanes of at least 4 members (excludes halogenated alkanes) is 1. The summed E-state index contributed by atoms with van der Waals surface area (Å²) in [7, 11) is 6.28. The van der Waals surface area contributed by atoms with Crippen molar-refractivity contribution < 1.29 is 33.4 Å². The van der Waals surface area contributed by atoms with Gasteiger partial charge in [0.25, 0.3) is 5.91 Å². The van der Waals surface area contributed by atoms with E-state index in [2.05, 4.69) is 27.5 Å². The van der Waals surface area contributed by atoms with Crippen LogP contribution < -0.4 is 26.2 Å². The molecule has 53 heavy (non-hydrogen) atoms. The predicted octanol–water partition coefficient (Wildman–Crippen LogP) is 3.39. The van der Waals surface area contributed by atoms with Crippen LogP contribution >= 0.6 is 0 Å². The van der Waals surface area contributed by atoms with E-state index in [1.807, 2.05) is 54.6 Å². The zero-order chi connectivity index (χ0) is 38.1. The number of rotatable bonds is 13. The number of anilines is 3. The normalized spacial score (nSPS) is 16.0. The smallest absolute Gasteiger partial charge is 0.337 e. The number of nitrogens with zero attached hydrogens (tertiary/aromatic N) is 4. The number of nitrogens with two attached hydrogens (primary N) is 1. The number of carbonyl (C=O) groups is 5. The van der Waals surface area contributed by atoms with E-state index >= 15 is 0 Å². The van der Waals surface area contributed by atoms with Crippen molar-refractivity contribution in [3.05, 3.63) is 89.5 Å². The summed E-state index contributed by atoms with van der Waals surface area (Å²) in [4.78, 5) is 73.8. The highest BCUT2D eigenvalue weighted by molar-refractivity contribution is 6.44. The first kappa shape index (κ1) is 38.7. The van der Waals surface area contributed by atoms with E-state index < -0.39 is 29.9 Å². The van der Waals surface area contributed by atoms with Gasteiger partial charge in [-0.05, 0) is 74.8 Å². The lowest BCUT2D eigenvalue weighted by Crippen LogP contribution is -2.49. The molecule has 1 atom stereocenters. The van der Waals surface area contributed by atoms with Gasteiger partial charge in [0.15, 0.2) is 0 Å². The molecular formula is C39H47N7O7. The van der Waals surface area contributed by atoms with Crippen LogP contribution in [0.3, 0.4) is 0 Å². The molecule has 5 rings (SSSR count). The van der Waals surface area contributed by atoms with Crippen LogP contribution in [0.25, 0.3) is 11.3 Å². The van der Waals surface area contributed by atoms with Crippen LogP contribution in [0.15, 0.2) is 72.8 Å². The van der Waals surface area contributed by atoms with Gasteiger partial charge in [-0.25, -0.2) is 19.3 Å². The monoisotopic (exact) mass is 725 g/mol. The number of ether oxygens (including phenoxy) is 2. The maximum atomic E-state index is 14.5. The minimum absolute atomic E-state index is 0.0194. The first-order chi connectivity index (χ1) is 25.6. The Balaban J connectivity index is 1.50. The van der Waals surface area contributed by atoms with Crippen LogP contribution in [0.1, 0.15) is 40.7 Å². The summed E-state index contributed by atoms with van der Waals surface area (Å²) in [6.07, 6.45) is 1.42. The molecule has 2 aliphatic heterocycles. The zero-order valence-electron chi connectivity index (χ0n) is 30.6. The molecule has 4 amide bonds. The van der Waals surface area contributed by atoms with Crippen LogP contribution in [0.5, 0.6) is 0 Å². The highest BCUT2D eigenvalue weighted by Gasteiger charge is 2.41. The molecular weight excluding hydrogens is 678 g/mol. The van der Waals surface area contributed by atoms with Gasteiger partial charge in [0, 0.05) is 50.2 Å². The fourth-order valence-electron chi connectivity index (χ4n) is 6.29. The van der Waals surface area contributed by atoms with Crippen molar-refractivity contribution in [3.63, 3.8) is 0 Å². The lowest BCUT2D eigenvalue weighted by molar-refractivity contribution is -0.143. The summed E-state index contributed by atoms with van der Waals surface area (Å²) < 4.78 is 9.85. The largest absolute Gasteiger partial charge is 0.467 e. The molecule has 0 spiro atoms. The van der Waals surface area contributed by atoms with E-state index in [0.29, 0.717) is 54.1 Å². The van der Waals surface area contributed by atoms with Crippen LogP contribution in [-0.4, -0.2) is 113 Å². The fraction of sp³-hybridized carbons (Fsp3) is 0.359. The Bertz CT molecular complexity index is 1840. The number of piperazine rings is 1. The number of amides is 4.